The van der Waals surface area contributed by atoms with E-state index in [-0.39, 0.29) is 5.82 Å². The van der Waals surface area contributed by atoms with E-state index in [2.05, 4.69) is 15.9 Å². The van der Waals surface area contributed by atoms with Gasteiger partial charge in [-0.25, -0.2) is 4.39 Å². The van der Waals surface area contributed by atoms with Crippen LogP contribution in [0.25, 0.3) is 0 Å². The summed E-state index contributed by atoms with van der Waals surface area (Å²) in [6.07, 6.45) is 0. The Balaban J connectivity index is 2.27. The van der Waals surface area contributed by atoms with Gasteiger partial charge in [-0.05, 0) is 51.5 Å². The molecule has 6 heteroatoms. The van der Waals surface area contributed by atoms with Gasteiger partial charge in [0.15, 0.2) is 0 Å². The molecule has 1 saturated heterocycles. The smallest absolute Gasteiger partial charge is 0.402 e. The van der Waals surface area contributed by atoms with Crippen LogP contribution >= 0.6 is 15.9 Å². The first-order chi connectivity index (χ1) is 8.64. The van der Waals surface area contributed by atoms with E-state index in [0.29, 0.717) is 5.56 Å². The molecular formula is C13H18BBrFNO2. The lowest BCUT2D eigenvalue weighted by Crippen LogP contribution is -2.41. The summed E-state index contributed by atoms with van der Waals surface area (Å²) >= 11 is 3.38. The number of benzene rings is 1. The van der Waals surface area contributed by atoms with E-state index < -0.39 is 24.3 Å². The molecule has 104 valence electrons. The second-order valence-electron chi connectivity index (χ2n) is 5.82. The third-order valence-corrected chi connectivity index (χ3v) is 4.60. The molecule has 1 aromatic rings. The molecule has 0 aliphatic carbocycles. The average Bonchev–Trinajstić information content (AvgIpc) is 2.51. The molecule has 0 unspecified atom stereocenters. The summed E-state index contributed by atoms with van der Waals surface area (Å²) in [5.74, 6) is -0.878. The van der Waals surface area contributed by atoms with E-state index >= 15 is 0 Å². The topological polar surface area (TPSA) is 44.5 Å². The first kappa shape index (κ1) is 15.0. The third-order valence-electron chi connectivity index (χ3n) is 3.88. The van der Waals surface area contributed by atoms with Crippen LogP contribution in [0.15, 0.2) is 22.7 Å². The van der Waals surface area contributed by atoms with Gasteiger partial charge in [0.2, 0.25) is 0 Å². The Morgan fingerprint density at radius 2 is 1.74 bits per heavy atom. The van der Waals surface area contributed by atoms with E-state index in [0.717, 1.165) is 4.47 Å². The lowest BCUT2D eigenvalue weighted by molar-refractivity contribution is 0.00578. The molecule has 0 radical (unpaired) electrons. The largest absolute Gasteiger partial charge is 0.480 e. The van der Waals surface area contributed by atoms with Crippen molar-refractivity contribution in [3.63, 3.8) is 0 Å². The van der Waals surface area contributed by atoms with Gasteiger partial charge in [-0.2, -0.15) is 0 Å². The standard InChI is InChI=1S/C13H18BBrFNO2/c1-12(2)13(3,4)19-14(18-12)11(17)9-7-8(16)5-6-10(9)15/h5-7,11H,17H2,1-4H3/t11-/m1/s1. The first-order valence-electron chi connectivity index (χ1n) is 6.20. The fraction of sp³-hybridized carbons (Fsp3) is 0.538. The van der Waals surface area contributed by atoms with Crippen molar-refractivity contribution in [3.05, 3.63) is 34.1 Å². The minimum absolute atomic E-state index is 0.329. The van der Waals surface area contributed by atoms with E-state index in [1.807, 2.05) is 27.7 Å². The molecular weight excluding hydrogens is 312 g/mol. The Morgan fingerprint density at radius 1 is 1.21 bits per heavy atom. The van der Waals surface area contributed by atoms with Crippen molar-refractivity contribution in [1.29, 1.82) is 0 Å². The molecule has 1 atom stereocenters. The van der Waals surface area contributed by atoms with Crippen molar-refractivity contribution in [2.45, 2.75) is 44.8 Å². The third kappa shape index (κ3) is 2.72. The van der Waals surface area contributed by atoms with Gasteiger partial charge in [-0.3, -0.25) is 0 Å². The fourth-order valence-corrected chi connectivity index (χ4v) is 2.46. The summed E-state index contributed by atoms with van der Waals surface area (Å²) in [6, 6.07) is 4.42. The normalized spacial score (nSPS) is 22.6. The number of halogens is 2. The molecule has 3 nitrogen and oxygen atoms in total. The quantitative estimate of drug-likeness (QED) is 0.847. The maximum atomic E-state index is 13.3. The Labute approximate surface area is 121 Å². The van der Waals surface area contributed by atoms with Crippen molar-refractivity contribution >= 4 is 23.0 Å². The highest BCUT2D eigenvalue weighted by Gasteiger charge is 2.53. The molecule has 2 rings (SSSR count). The van der Waals surface area contributed by atoms with Crippen LogP contribution in [-0.4, -0.2) is 18.3 Å². The summed E-state index contributed by atoms with van der Waals surface area (Å²) in [5.41, 5.74) is 5.90. The molecule has 0 aromatic heterocycles. The maximum Gasteiger partial charge on any atom is 0.480 e. The van der Waals surface area contributed by atoms with Crippen LogP contribution in [-0.2, 0) is 9.31 Å². The number of rotatable bonds is 2. The minimum Gasteiger partial charge on any atom is -0.402 e. The van der Waals surface area contributed by atoms with Crippen LogP contribution in [0.5, 0.6) is 0 Å². The second-order valence-corrected chi connectivity index (χ2v) is 6.67. The highest BCUT2D eigenvalue weighted by atomic mass is 79.9. The molecule has 0 bridgehead atoms. The Bertz CT molecular complexity index is 480. The number of hydrogen-bond donors (Lipinski definition) is 1. The summed E-state index contributed by atoms with van der Waals surface area (Å²) < 4.78 is 25.9. The summed E-state index contributed by atoms with van der Waals surface area (Å²) in [7, 11) is -0.594. The molecule has 1 aliphatic rings. The summed E-state index contributed by atoms with van der Waals surface area (Å²) in [4.78, 5) is 0. The Kier molecular flexibility index (Phi) is 3.82. The monoisotopic (exact) mass is 329 g/mol. The van der Waals surface area contributed by atoms with Crippen LogP contribution in [0.4, 0.5) is 4.39 Å². The van der Waals surface area contributed by atoms with Crippen LogP contribution in [0.3, 0.4) is 0 Å². The lowest BCUT2D eigenvalue weighted by Gasteiger charge is -2.32. The van der Waals surface area contributed by atoms with Gasteiger partial charge in [0.1, 0.15) is 5.82 Å². The van der Waals surface area contributed by atoms with Crippen molar-refractivity contribution < 1.29 is 13.7 Å². The highest BCUT2D eigenvalue weighted by molar-refractivity contribution is 9.10. The molecule has 19 heavy (non-hydrogen) atoms. The highest BCUT2D eigenvalue weighted by Crippen LogP contribution is 2.40. The summed E-state index contributed by atoms with van der Waals surface area (Å²) in [5, 5.41) is 0. The van der Waals surface area contributed by atoms with Crippen LogP contribution in [0.2, 0.25) is 0 Å². The minimum atomic E-state index is -0.594. The first-order valence-corrected chi connectivity index (χ1v) is 6.99. The fourth-order valence-electron chi connectivity index (χ4n) is 1.95. The van der Waals surface area contributed by atoms with Gasteiger partial charge in [0.25, 0.3) is 0 Å². The van der Waals surface area contributed by atoms with Gasteiger partial charge in [-0.1, -0.05) is 15.9 Å². The average molecular weight is 330 g/mol. The van der Waals surface area contributed by atoms with Crippen molar-refractivity contribution in [2.24, 2.45) is 5.73 Å². The Morgan fingerprint density at radius 3 is 2.26 bits per heavy atom. The lowest BCUT2D eigenvalue weighted by atomic mass is 9.75. The molecule has 1 aromatic carbocycles. The van der Waals surface area contributed by atoms with Crippen LogP contribution in [0, 0.1) is 5.82 Å². The van der Waals surface area contributed by atoms with E-state index in [1.54, 1.807) is 6.07 Å². The maximum absolute atomic E-state index is 13.3. The predicted octanol–water partition coefficient (Wildman–Crippen LogP) is 3.22. The van der Waals surface area contributed by atoms with Gasteiger partial charge in [0, 0.05) is 4.47 Å². The van der Waals surface area contributed by atoms with Crippen LogP contribution < -0.4 is 5.73 Å². The molecule has 0 saturated carbocycles. The zero-order chi connectivity index (χ0) is 14.4. The SMILES string of the molecule is CC1(C)OB([C@H](N)c2cc(F)ccc2Br)OC1(C)C. The van der Waals surface area contributed by atoms with E-state index in [1.165, 1.54) is 12.1 Å². The summed E-state index contributed by atoms with van der Waals surface area (Å²) in [6.45, 7) is 7.83. The van der Waals surface area contributed by atoms with Gasteiger partial charge in [-0.15, -0.1) is 0 Å². The zero-order valence-electron chi connectivity index (χ0n) is 11.5. The van der Waals surface area contributed by atoms with Gasteiger partial charge < -0.3 is 15.0 Å². The molecule has 1 aliphatic heterocycles. The van der Waals surface area contributed by atoms with Crippen molar-refractivity contribution in [3.8, 4) is 0 Å². The Hall–Kier alpha value is -0.425. The molecule has 0 amide bonds. The van der Waals surface area contributed by atoms with E-state index in [4.69, 9.17) is 15.0 Å². The molecule has 0 spiro atoms. The van der Waals surface area contributed by atoms with Crippen LogP contribution in [0.1, 0.15) is 39.2 Å². The molecule has 1 heterocycles. The van der Waals surface area contributed by atoms with Gasteiger partial charge >= 0.3 is 7.12 Å². The van der Waals surface area contributed by atoms with Crippen molar-refractivity contribution in [1.82, 2.24) is 0 Å². The zero-order valence-corrected chi connectivity index (χ0v) is 13.1. The predicted molar refractivity (Wildman–Crippen MR) is 77.1 cm³/mol. The van der Waals surface area contributed by atoms with E-state index in [9.17, 15) is 4.39 Å². The number of nitrogens with two attached hydrogens (primary N) is 1. The van der Waals surface area contributed by atoms with Crippen molar-refractivity contribution in [2.75, 3.05) is 0 Å². The molecule has 2 N–H and O–H groups in total. The number of hydrogen-bond acceptors (Lipinski definition) is 3. The second kappa shape index (κ2) is 4.84. The molecule has 1 fully saturated rings. The van der Waals surface area contributed by atoms with Gasteiger partial charge in [0.05, 0.1) is 17.1 Å².